The van der Waals surface area contributed by atoms with Gasteiger partial charge in [-0.3, -0.25) is 4.79 Å². The van der Waals surface area contributed by atoms with Crippen LogP contribution in [0.1, 0.15) is 23.0 Å². The van der Waals surface area contributed by atoms with Crippen molar-refractivity contribution in [2.75, 3.05) is 6.61 Å². The van der Waals surface area contributed by atoms with Crippen molar-refractivity contribution < 1.29 is 23.0 Å². The molecule has 0 fully saturated rings. The van der Waals surface area contributed by atoms with Crippen molar-refractivity contribution in [1.29, 1.82) is 0 Å². The molecule has 0 bridgehead atoms. The quantitative estimate of drug-likeness (QED) is 0.608. The minimum Gasteiger partial charge on any atom is -0.486 e. The average Bonchev–Trinajstić information content (AvgIpc) is 2.68. The van der Waals surface area contributed by atoms with Crippen molar-refractivity contribution >= 4 is 5.97 Å². The number of carbonyl (C=O) groups excluding carboxylic acids is 1. The van der Waals surface area contributed by atoms with E-state index in [9.17, 15) is 18.4 Å². The molecule has 0 unspecified atom stereocenters. The molecule has 8 heteroatoms. The van der Waals surface area contributed by atoms with E-state index in [1.807, 2.05) is 0 Å². The van der Waals surface area contributed by atoms with E-state index in [1.165, 1.54) is 30.3 Å². The first-order valence-corrected chi connectivity index (χ1v) is 8.43. The molecule has 0 saturated heterocycles. The second-order valence-electron chi connectivity index (χ2n) is 5.68. The summed E-state index contributed by atoms with van der Waals surface area (Å²) in [5, 5.41) is 4.01. The van der Waals surface area contributed by atoms with Crippen LogP contribution < -0.4 is 10.3 Å². The van der Waals surface area contributed by atoms with Crippen molar-refractivity contribution in [1.82, 2.24) is 9.78 Å². The van der Waals surface area contributed by atoms with E-state index in [0.717, 1.165) is 22.9 Å². The molecule has 0 aliphatic carbocycles. The fourth-order valence-corrected chi connectivity index (χ4v) is 2.43. The van der Waals surface area contributed by atoms with Crippen LogP contribution in [0.5, 0.6) is 5.75 Å². The Labute approximate surface area is 159 Å². The van der Waals surface area contributed by atoms with Crippen LogP contribution in [-0.2, 0) is 11.3 Å². The van der Waals surface area contributed by atoms with Gasteiger partial charge in [0.05, 0.1) is 18.4 Å². The number of ether oxygens (including phenoxy) is 2. The van der Waals surface area contributed by atoms with Crippen molar-refractivity contribution in [3.63, 3.8) is 0 Å². The number of hydrogen-bond donors (Lipinski definition) is 0. The highest BCUT2D eigenvalue weighted by Gasteiger charge is 2.20. The maximum Gasteiger partial charge on any atom is 0.362 e. The lowest BCUT2D eigenvalue weighted by molar-refractivity contribution is 0.0511. The Bertz CT molecular complexity index is 1050. The molecule has 0 amide bonds. The fourth-order valence-electron chi connectivity index (χ4n) is 2.43. The summed E-state index contributed by atoms with van der Waals surface area (Å²) in [6.07, 6.45) is 0. The third kappa shape index (κ3) is 4.22. The molecular formula is C20H16F2N2O4. The first kappa shape index (κ1) is 19.2. The van der Waals surface area contributed by atoms with Gasteiger partial charge in [0.25, 0.3) is 5.56 Å². The normalized spacial score (nSPS) is 10.5. The molecule has 0 N–H and O–H groups in total. The van der Waals surface area contributed by atoms with Gasteiger partial charge in [0.2, 0.25) is 5.69 Å². The van der Waals surface area contributed by atoms with Crippen molar-refractivity contribution in [3.8, 4) is 11.4 Å². The number of aromatic nitrogens is 2. The molecule has 0 atom stereocenters. The van der Waals surface area contributed by atoms with Gasteiger partial charge in [0.1, 0.15) is 18.2 Å². The summed E-state index contributed by atoms with van der Waals surface area (Å²) in [4.78, 5) is 24.7. The molecule has 6 nitrogen and oxygen atoms in total. The van der Waals surface area contributed by atoms with Crippen LogP contribution in [0.2, 0.25) is 0 Å². The van der Waals surface area contributed by atoms with Gasteiger partial charge < -0.3 is 9.47 Å². The summed E-state index contributed by atoms with van der Waals surface area (Å²) >= 11 is 0. The molecule has 3 aromatic rings. The zero-order valence-corrected chi connectivity index (χ0v) is 14.9. The van der Waals surface area contributed by atoms with Crippen LogP contribution in [0.4, 0.5) is 8.78 Å². The number of hydrogen-bond acceptors (Lipinski definition) is 5. The molecule has 2 aromatic carbocycles. The highest BCUT2D eigenvalue weighted by molar-refractivity contribution is 5.90. The predicted octanol–water partition coefficient (Wildman–Crippen LogP) is 3.27. The number of nitrogens with zero attached hydrogens (tertiary/aromatic N) is 2. The Morgan fingerprint density at radius 2 is 1.82 bits per heavy atom. The Hall–Kier alpha value is -3.55. The number of benzene rings is 2. The second kappa shape index (κ2) is 8.43. The van der Waals surface area contributed by atoms with Crippen LogP contribution in [-0.4, -0.2) is 22.4 Å². The van der Waals surface area contributed by atoms with Crippen LogP contribution in [0, 0.1) is 11.6 Å². The van der Waals surface area contributed by atoms with Crippen molar-refractivity contribution in [2.24, 2.45) is 0 Å². The summed E-state index contributed by atoms with van der Waals surface area (Å²) in [6, 6.07) is 12.0. The van der Waals surface area contributed by atoms with Crippen molar-refractivity contribution in [2.45, 2.75) is 13.5 Å². The molecule has 0 aliphatic heterocycles. The fraction of sp³-hybridized carbons (Fsp3) is 0.150. The number of rotatable bonds is 6. The number of carbonyl (C=O) groups is 1. The molecular weight excluding hydrogens is 370 g/mol. The van der Waals surface area contributed by atoms with E-state index < -0.39 is 23.2 Å². The lowest BCUT2D eigenvalue weighted by Gasteiger charge is -2.13. The van der Waals surface area contributed by atoms with Gasteiger partial charge in [-0.25, -0.2) is 13.6 Å². The highest BCUT2D eigenvalue weighted by atomic mass is 19.1. The van der Waals surface area contributed by atoms with E-state index in [-0.39, 0.29) is 35.9 Å². The Kier molecular flexibility index (Phi) is 5.78. The van der Waals surface area contributed by atoms with Crippen LogP contribution in [0.15, 0.2) is 59.4 Å². The molecule has 1 heterocycles. The third-order valence-corrected chi connectivity index (χ3v) is 3.78. The molecule has 0 saturated carbocycles. The maximum absolute atomic E-state index is 13.8. The van der Waals surface area contributed by atoms with E-state index in [2.05, 4.69) is 5.10 Å². The summed E-state index contributed by atoms with van der Waals surface area (Å²) in [6.45, 7) is 1.50. The zero-order valence-electron chi connectivity index (χ0n) is 14.9. The third-order valence-electron chi connectivity index (χ3n) is 3.78. The molecule has 0 spiro atoms. The first-order chi connectivity index (χ1) is 13.5. The lowest BCUT2D eigenvalue weighted by Crippen LogP contribution is -2.25. The van der Waals surface area contributed by atoms with Gasteiger partial charge in [-0.2, -0.15) is 9.78 Å². The van der Waals surface area contributed by atoms with Gasteiger partial charge in [0, 0.05) is 5.56 Å². The Morgan fingerprint density at radius 3 is 2.50 bits per heavy atom. The molecule has 28 heavy (non-hydrogen) atoms. The van der Waals surface area contributed by atoms with E-state index >= 15 is 0 Å². The minimum absolute atomic E-state index is 0.0863. The molecule has 3 rings (SSSR count). The van der Waals surface area contributed by atoms with Gasteiger partial charge in [-0.15, -0.1) is 0 Å². The maximum atomic E-state index is 13.8. The molecule has 1 aromatic heterocycles. The van der Waals surface area contributed by atoms with Crippen molar-refractivity contribution in [3.05, 3.63) is 87.8 Å². The number of esters is 1. The molecule has 144 valence electrons. The van der Waals surface area contributed by atoms with Gasteiger partial charge in [0.15, 0.2) is 5.75 Å². The standard InChI is InChI=1S/C20H16F2N2O4/c1-2-27-20(26)19-17(28-12-13-5-3-4-6-16(13)22)11-18(25)24(23-19)15-9-7-14(21)8-10-15/h3-11H,2,12H2,1H3. The first-order valence-electron chi connectivity index (χ1n) is 8.43. The van der Waals surface area contributed by atoms with E-state index in [4.69, 9.17) is 9.47 Å². The summed E-state index contributed by atoms with van der Waals surface area (Å²) in [5.41, 5.74) is -0.345. The molecule has 0 aliphatic rings. The van der Waals surface area contributed by atoms with Gasteiger partial charge >= 0.3 is 5.97 Å². The van der Waals surface area contributed by atoms with Crippen LogP contribution in [0.25, 0.3) is 5.69 Å². The SMILES string of the molecule is CCOC(=O)c1nn(-c2ccc(F)cc2)c(=O)cc1OCc1ccccc1F. The second-order valence-corrected chi connectivity index (χ2v) is 5.68. The summed E-state index contributed by atoms with van der Waals surface area (Å²) < 4.78 is 38.3. The smallest absolute Gasteiger partial charge is 0.362 e. The Balaban J connectivity index is 2.00. The van der Waals surface area contributed by atoms with Gasteiger partial charge in [-0.05, 0) is 37.3 Å². The lowest BCUT2D eigenvalue weighted by atomic mass is 10.2. The summed E-state index contributed by atoms with van der Waals surface area (Å²) in [5.74, 6) is -1.90. The number of halogens is 2. The van der Waals surface area contributed by atoms with E-state index in [1.54, 1.807) is 13.0 Å². The van der Waals surface area contributed by atoms with Gasteiger partial charge in [-0.1, -0.05) is 18.2 Å². The van der Waals surface area contributed by atoms with E-state index in [0.29, 0.717) is 0 Å². The molecule has 0 radical (unpaired) electrons. The predicted molar refractivity (Wildman–Crippen MR) is 96.5 cm³/mol. The summed E-state index contributed by atoms with van der Waals surface area (Å²) in [7, 11) is 0. The zero-order chi connectivity index (χ0) is 20.1. The van der Waals surface area contributed by atoms with Crippen LogP contribution in [0.3, 0.4) is 0 Å². The minimum atomic E-state index is -0.804. The Morgan fingerprint density at radius 1 is 1.11 bits per heavy atom. The monoisotopic (exact) mass is 386 g/mol. The average molecular weight is 386 g/mol. The largest absolute Gasteiger partial charge is 0.486 e. The van der Waals surface area contributed by atoms with Crippen LogP contribution >= 0.6 is 0 Å². The topological polar surface area (TPSA) is 70.4 Å². The highest BCUT2D eigenvalue weighted by Crippen LogP contribution is 2.19.